The summed E-state index contributed by atoms with van der Waals surface area (Å²) in [4.78, 5) is 0. The number of hydrogen-bond acceptors (Lipinski definition) is 4. The summed E-state index contributed by atoms with van der Waals surface area (Å²) in [5.74, 6) is 0.0137. The molecule has 4 nitrogen and oxygen atoms in total. The van der Waals surface area contributed by atoms with Crippen molar-refractivity contribution in [2.24, 2.45) is 0 Å². The van der Waals surface area contributed by atoms with Gasteiger partial charge in [0.15, 0.2) is 0 Å². The third-order valence-corrected chi connectivity index (χ3v) is 5.04. The first kappa shape index (κ1) is 15.2. The zero-order chi connectivity index (χ0) is 14.4. The number of benzene rings is 1. The van der Waals surface area contributed by atoms with Crippen molar-refractivity contribution in [2.75, 3.05) is 7.05 Å². The Balaban J connectivity index is 2.00. The second-order valence-electron chi connectivity index (χ2n) is 4.47. The second kappa shape index (κ2) is 6.99. The van der Waals surface area contributed by atoms with Crippen LogP contribution >= 0.6 is 11.3 Å². The third-order valence-electron chi connectivity index (χ3n) is 3.00. The van der Waals surface area contributed by atoms with Gasteiger partial charge in [-0.05, 0) is 40.6 Å². The van der Waals surface area contributed by atoms with Crippen molar-refractivity contribution >= 4 is 21.4 Å². The van der Waals surface area contributed by atoms with Crippen LogP contribution in [-0.2, 0) is 28.9 Å². The molecule has 0 unspecified atom stereocenters. The highest BCUT2D eigenvalue weighted by Gasteiger charge is 2.11. The molecule has 108 valence electrons. The lowest BCUT2D eigenvalue weighted by molar-refractivity contribution is 0.587. The Morgan fingerprint density at radius 3 is 2.50 bits per heavy atom. The van der Waals surface area contributed by atoms with Gasteiger partial charge < -0.3 is 5.32 Å². The number of sulfonamides is 1. The minimum absolute atomic E-state index is 0.0137. The van der Waals surface area contributed by atoms with Gasteiger partial charge in [-0.1, -0.05) is 24.3 Å². The fourth-order valence-electron chi connectivity index (χ4n) is 1.88. The number of hydrogen-bond donors (Lipinski definition) is 2. The van der Waals surface area contributed by atoms with Gasteiger partial charge in [0.2, 0.25) is 10.0 Å². The molecule has 0 radical (unpaired) electrons. The van der Waals surface area contributed by atoms with E-state index < -0.39 is 10.0 Å². The summed E-state index contributed by atoms with van der Waals surface area (Å²) in [6.45, 7) is 1.45. The highest BCUT2D eigenvalue weighted by Crippen LogP contribution is 2.12. The average Bonchev–Trinajstić information content (AvgIpc) is 2.94. The van der Waals surface area contributed by atoms with Crippen LogP contribution in [0.5, 0.6) is 0 Å². The van der Waals surface area contributed by atoms with Gasteiger partial charge >= 0.3 is 0 Å². The summed E-state index contributed by atoms with van der Waals surface area (Å²) in [5, 5.41) is 7.49. The van der Waals surface area contributed by atoms with E-state index in [9.17, 15) is 8.42 Å². The molecule has 2 rings (SSSR count). The van der Waals surface area contributed by atoms with Crippen molar-refractivity contribution < 1.29 is 8.42 Å². The Bertz CT molecular complexity index is 637. The molecule has 0 aliphatic heterocycles. The van der Waals surface area contributed by atoms with E-state index in [1.54, 1.807) is 11.3 Å². The molecule has 0 amide bonds. The summed E-state index contributed by atoms with van der Waals surface area (Å²) in [6, 6.07) is 9.69. The predicted octanol–water partition coefficient (Wildman–Crippen LogP) is 2.09. The van der Waals surface area contributed by atoms with Crippen molar-refractivity contribution in [2.45, 2.75) is 18.8 Å². The van der Waals surface area contributed by atoms with E-state index in [4.69, 9.17) is 0 Å². The van der Waals surface area contributed by atoms with Gasteiger partial charge in [-0.15, -0.1) is 0 Å². The van der Waals surface area contributed by atoms with E-state index in [0.29, 0.717) is 6.54 Å². The van der Waals surface area contributed by atoms with E-state index in [-0.39, 0.29) is 5.75 Å². The van der Waals surface area contributed by atoms with Gasteiger partial charge in [-0.3, -0.25) is 0 Å². The van der Waals surface area contributed by atoms with Crippen LogP contribution in [0.1, 0.15) is 16.7 Å². The third kappa shape index (κ3) is 4.42. The van der Waals surface area contributed by atoms with Crippen LogP contribution in [0.2, 0.25) is 0 Å². The van der Waals surface area contributed by atoms with Gasteiger partial charge in [0.1, 0.15) is 0 Å². The first-order chi connectivity index (χ1) is 9.61. The summed E-state index contributed by atoms with van der Waals surface area (Å²) < 4.78 is 25.7. The maximum Gasteiger partial charge on any atom is 0.215 e. The zero-order valence-electron chi connectivity index (χ0n) is 11.3. The zero-order valence-corrected chi connectivity index (χ0v) is 12.9. The maximum absolute atomic E-state index is 11.7. The molecule has 0 aliphatic rings. The molecule has 0 fully saturated rings. The summed E-state index contributed by atoms with van der Waals surface area (Å²) in [5.41, 5.74) is 3.09. The monoisotopic (exact) mass is 310 g/mol. The second-order valence-corrected chi connectivity index (χ2v) is 7.17. The molecule has 20 heavy (non-hydrogen) atoms. The lowest BCUT2D eigenvalue weighted by Gasteiger charge is -2.10. The van der Waals surface area contributed by atoms with Crippen LogP contribution < -0.4 is 10.0 Å². The Kier molecular flexibility index (Phi) is 5.31. The summed E-state index contributed by atoms with van der Waals surface area (Å²) in [7, 11) is -1.80. The Morgan fingerprint density at radius 2 is 1.85 bits per heavy atom. The summed E-state index contributed by atoms with van der Waals surface area (Å²) >= 11 is 1.67. The SMILES string of the molecule is CNS(=O)(=O)Cc1ccccc1CNCc1ccsc1. The van der Waals surface area contributed by atoms with E-state index in [2.05, 4.69) is 21.5 Å². The fraction of sp³-hybridized carbons (Fsp3) is 0.286. The molecule has 0 saturated heterocycles. The van der Waals surface area contributed by atoms with Crippen LogP contribution in [0.3, 0.4) is 0 Å². The van der Waals surface area contributed by atoms with Crippen molar-refractivity contribution in [1.29, 1.82) is 0 Å². The quantitative estimate of drug-likeness (QED) is 0.823. The van der Waals surface area contributed by atoms with Crippen molar-refractivity contribution in [3.63, 3.8) is 0 Å². The standard InChI is InChI=1S/C14H18N2O2S2/c1-15-20(17,18)11-14-5-3-2-4-13(14)9-16-8-12-6-7-19-10-12/h2-7,10,15-16H,8-9,11H2,1H3. The normalized spacial score (nSPS) is 11.7. The molecule has 0 aliphatic carbocycles. The minimum Gasteiger partial charge on any atom is -0.309 e. The number of rotatable bonds is 7. The molecule has 1 aromatic carbocycles. The van der Waals surface area contributed by atoms with Crippen LogP contribution in [0.15, 0.2) is 41.1 Å². The topological polar surface area (TPSA) is 58.2 Å². The predicted molar refractivity (Wildman–Crippen MR) is 83.0 cm³/mol. The molecule has 0 bridgehead atoms. The van der Waals surface area contributed by atoms with Crippen LogP contribution in [-0.4, -0.2) is 15.5 Å². The molecule has 1 heterocycles. The molecule has 0 spiro atoms. The highest BCUT2D eigenvalue weighted by atomic mass is 32.2. The van der Waals surface area contributed by atoms with E-state index in [0.717, 1.165) is 17.7 Å². The van der Waals surface area contributed by atoms with Crippen molar-refractivity contribution in [3.05, 3.63) is 57.8 Å². The molecule has 0 atom stereocenters. The van der Waals surface area contributed by atoms with Gasteiger partial charge in [0.25, 0.3) is 0 Å². The molecule has 0 saturated carbocycles. The fourth-order valence-corrected chi connectivity index (χ4v) is 3.39. The van der Waals surface area contributed by atoms with Gasteiger partial charge in [-0.2, -0.15) is 11.3 Å². The van der Waals surface area contributed by atoms with E-state index in [1.807, 2.05) is 29.6 Å². The van der Waals surface area contributed by atoms with Gasteiger partial charge in [0.05, 0.1) is 5.75 Å². The Hall–Kier alpha value is -1.21. The van der Waals surface area contributed by atoms with Gasteiger partial charge in [0, 0.05) is 13.1 Å². The molecular formula is C14H18N2O2S2. The number of thiophene rings is 1. The van der Waals surface area contributed by atoms with Crippen molar-refractivity contribution in [3.8, 4) is 0 Å². The van der Waals surface area contributed by atoms with Crippen molar-refractivity contribution in [1.82, 2.24) is 10.0 Å². The lowest BCUT2D eigenvalue weighted by Crippen LogP contribution is -2.22. The first-order valence-corrected chi connectivity index (χ1v) is 8.90. The van der Waals surface area contributed by atoms with Gasteiger partial charge in [-0.25, -0.2) is 13.1 Å². The van der Waals surface area contributed by atoms with E-state index in [1.165, 1.54) is 12.6 Å². The molecule has 6 heteroatoms. The molecule has 1 aromatic heterocycles. The number of nitrogens with one attached hydrogen (secondary N) is 2. The maximum atomic E-state index is 11.7. The first-order valence-electron chi connectivity index (χ1n) is 6.30. The minimum atomic E-state index is -3.24. The molecule has 2 aromatic rings. The largest absolute Gasteiger partial charge is 0.309 e. The molecule has 2 N–H and O–H groups in total. The highest BCUT2D eigenvalue weighted by molar-refractivity contribution is 7.88. The lowest BCUT2D eigenvalue weighted by atomic mass is 10.1. The summed E-state index contributed by atoms with van der Waals surface area (Å²) in [6.07, 6.45) is 0. The van der Waals surface area contributed by atoms with Crippen LogP contribution in [0.25, 0.3) is 0 Å². The molecular weight excluding hydrogens is 292 g/mol. The Labute approximate surface area is 123 Å². The van der Waals surface area contributed by atoms with E-state index >= 15 is 0 Å². The average molecular weight is 310 g/mol. The van der Waals surface area contributed by atoms with Crippen LogP contribution in [0.4, 0.5) is 0 Å². The smallest absolute Gasteiger partial charge is 0.215 e. The Morgan fingerprint density at radius 1 is 1.10 bits per heavy atom. The van der Waals surface area contributed by atoms with Crippen LogP contribution in [0, 0.1) is 0 Å².